The fraction of sp³-hybridized carbons (Fsp3) is 0.308. The Morgan fingerprint density at radius 2 is 1.95 bits per heavy atom. The normalized spacial score (nSPS) is 11.8. The molecule has 102 valence electrons. The van der Waals surface area contributed by atoms with Gasteiger partial charge in [0.15, 0.2) is 0 Å². The van der Waals surface area contributed by atoms with E-state index in [-0.39, 0.29) is 5.88 Å². The van der Waals surface area contributed by atoms with Gasteiger partial charge in [0, 0.05) is 11.5 Å². The molecule has 19 heavy (non-hydrogen) atoms. The molecule has 0 aliphatic carbocycles. The monoisotopic (exact) mass is 289 g/mol. The molecule has 0 atom stereocenters. The summed E-state index contributed by atoms with van der Waals surface area (Å²) in [5.41, 5.74) is 1.23. The Morgan fingerprint density at radius 1 is 1.21 bits per heavy atom. The minimum atomic E-state index is -4.22. The van der Waals surface area contributed by atoms with Crippen LogP contribution in [0.2, 0.25) is 0 Å². The van der Waals surface area contributed by atoms with Gasteiger partial charge in [-0.15, -0.1) is 11.6 Å². The van der Waals surface area contributed by atoms with Gasteiger partial charge < -0.3 is 4.74 Å². The molecule has 1 heterocycles. The van der Waals surface area contributed by atoms with E-state index in [1.165, 1.54) is 0 Å². The van der Waals surface area contributed by atoms with Crippen molar-refractivity contribution in [2.45, 2.75) is 18.5 Å². The first-order chi connectivity index (χ1) is 8.99. The molecule has 6 heteroatoms. The van der Waals surface area contributed by atoms with Crippen molar-refractivity contribution < 1.29 is 17.9 Å². The number of halogens is 4. The molecule has 2 aromatic rings. The summed E-state index contributed by atoms with van der Waals surface area (Å²) in [6.45, 7) is -0.417. The van der Waals surface area contributed by atoms with E-state index >= 15 is 0 Å². The zero-order chi connectivity index (χ0) is 13.9. The minimum absolute atomic E-state index is 0.181. The molecule has 0 spiro atoms. The Kier molecular flexibility index (Phi) is 4.14. The molecule has 1 aromatic heterocycles. The van der Waals surface area contributed by atoms with Gasteiger partial charge in [0.25, 0.3) is 0 Å². The first kappa shape index (κ1) is 13.9. The topological polar surface area (TPSA) is 22.1 Å². The Labute approximate surface area is 113 Å². The van der Waals surface area contributed by atoms with E-state index in [2.05, 4.69) is 4.98 Å². The highest BCUT2D eigenvalue weighted by molar-refractivity contribution is 6.17. The fourth-order valence-electron chi connectivity index (χ4n) is 1.66. The summed E-state index contributed by atoms with van der Waals surface area (Å²) in [6, 6.07) is 8.67. The second-order valence-electron chi connectivity index (χ2n) is 3.98. The predicted octanol–water partition coefficient (Wildman–Crippen LogP) is 4.30. The summed E-state index contributed by atoms with van der Waals surface area (Å²) >= 11 is 5.71. The molecule has 0 bridgehead atoms. The van der Waals surface area contributed by atoms with Gasteiger partial charge in [0.05, 0.1) is 30.1 Å². The molecule has 1 aromatic carbocycles. The molecule has 0 aliphatic rings. The Morgan fingerprint density at radius 3 is 2.63 bits per heavy atom. The summed E-state index contributed by atoms with van der Waals surface area (Å²) in [5.74, 6) is 0.561. The van der Waals surface area contributed by atoms with Crippen molar-refractivity contribution in [2.24, 2.45) is 0 Å². The van der Waals surface area contributed by atoms with E-state index in [0.717, 1.165) is 0 Å². The average molecular weight is 290 g/mol. The summed E-state index contributed by atoms with van der Waals surface area (Å²) in [6.07, 6.45) is -5.21. The van der Waals surface area contributed by atoms with Gasteiger partial charge in [-0.2, -0.15) is 13.2 Å². The minimum Gasteiger partial charge on any atom is -0.492 e. The molecular formula is C13H11ClF3NO. The maximum atomic E-state index is 12.1. The van der Waals surface area contributed by atoms with Crippen LogP contribution in [0.1, 0.15) is 12.1 Å². The molecule has 0 radical (unpaired) electrons. The van der Waals surface area contributed by atoms with Crippen molar-refractivity contribution in [1.29, 1.82) is 0 Å². The number of benzene rings is 1. The second-order valence-corrected chi connectivity index (χ2v) is 4.24. The molecular weight excluding hydrogens is 279 g/mol. The molecule has 0 amide bonds. The smallest absolute Gasteiger partial charge is 0.392 e. The highest BCUT2D eigenvalue weighted by atomic mass is 35.5. The summed E-state index contributed by atoms with van der Waals surface area (Å²) < 4.78 is 41.5. The van der Waals surface area contributed by atoms with Crippen molar-refractivity contribution >= 4 is 22.5 Å². The van der Waals surface area contributed by atoms with Gasteiger partial charge in [-0.25, -0.2) is 0 Å². The maximum Gasteiger partial charge on any atom is 0.392 e. The summed E-state index contributed by atoms with van der Waals surface area (Å²) in [5, 5.41) is 0.679. The van der Waals surface area contributed by atoms with Crippen LogP contribution in [0.3, 0.4) is 0 Å². The molecule has 0 unspecified atom stereocenters. The van der Waals surface area contributed by atoms with Crippen LogP contribution in [0.5, 0.6) is 5.75 Å². The van der Waals surface area contributed by atoms with E-state index in [1.807, 2.05) is 0 Å². The molecule has 0 fully saturated rings. The van der Waals surface area contributed by atoms with Crippen LogP contribution in [-0.2, 0) is 5.88 Å². The summed E-state index contributed by atoms with van der Waals surface area (Å²) in [7, 11) is 0. The Balaban J connectivity index is 2.25. The molecule has 2 rings (SSSR count). The maximum absolute atomic E-state index is 12.1. The van der Waals surface area contributed by atoms with Gasteiger partial charge in [-0.05, 0) is 12.1 Å². The summed E-state index contributed by atoms with van der Waals surface area (Å²) in [4.78, 5) is 4.28. The number of nitrogens with zero attached hydrogens (tertiary/aromatic N) is 1. The first-order valence-corrected chi connectivity index (χ1v) is 6.17. The number of ether oxygens (including phenoxy) is 1. The highest BCUT2D eigenvalue weighted by Crippen LogP contribution is 2.27. The fourth-order valence-corrected chi connectivity index (χ4v) is 1.80. The first-order valence-electron chi connectivity index (χ1n) is 5.64. The number of para-hydroxylation sites is 1. The van der Waals surface area contributed by atoms with Crippen molar-refractivity contribution in [3.8, 4) is 5.75 Å². The zero-order valence-electron chi connectivity index (χ0n) is 9.88. The van der Waals surface area contributed by atoms with Crippen molar-refractivity contribution in [1.82, 2.24) is 4.98 Å². The van der Waals surface area contributed by atoms with Gasteiger partial charge in [-0.3, -0.25) is 4.98 Å². The third kappa shape index (κ3) is 3.73. The largest absolute Gasteiger partial charge is 0.492 e. The van der Waals surface area contributed by atoms with Crippen LogP contribution >= 0.6 is 11.6 Å². The number of alkyl halides is 4. The van der Waals surface area contributed by atoms with E-state index in [4.69, 9.17) is 16.3 Å². The quantitative estimate of drug-likeness (QED) is 0.783. The van der Waals surface area contributed by atoms with E-state index in [1.54, 1.807) is 30.3 Å². The average Bonchev–Trinajstić information content (AvgIpc) is 2.37. The Bertz CT molecular complexity index is 571. The Hall–Kier alpha value is -1.49. The number of hydrogen-bond donors (Lipinski definition) is 0. The SMILES string of the molecule is FC(F)(F)CCOc1cc(CCl)nc2ccccc12. The standard InChI is InChI=1S/C13H11ClF3NO/c14-8-9-7-12(19-6-5-13(15,16)17)10-3-1-2-4-11(10)18-9/h1-4,7H,5-6,8H2. The predicted molar refractivity (Wildman–Crippen MR) is 67.5 cm³/mol. The van der Waals surface area contributed by atoms with Crippen molar-refractivity contribution in [3.63, 3.8) is 0 Å². The molecule has 0 saturated carbocycles. The van der Waals surface area contributed by atoms with Crippen LogP contribution < -0.4 is 4.74 Å². The highest BCUT2D eigenvalue weighted by Gasteiger charge is 2.27. The number of pyridine rings is 1. The third-order valence-electron chi connectivity index (χ3n) is 2.51. The zero-order valence-corrected chi connectivity index (χ0v) is 10.6. The lowest BCUT2D eigenvalue weighted by atomic mass is 10.2. The van der Waals surface area contributed by atoms with Crippen molar-refractivity contribution in [2.75, 3.05) is 6.61 Å². The lowest BCUT2D eigenvalue weighted by Crippen LogP contribution is -2.13. The van der Waals surface area contributed by atoms with Crippen LogP contribution in [0.25, 0.3) is 10.9 Å². The van der Waals surface area contributed by atoms with Crippen LogP contribution in [0.15, 0.2) is 30.3 Å². The number of fused-ring (bicyclic) bond motifs is 1. The van der Waals surface area contributed by atoms with Crippen LogP contribution in [0.4, 0.5) is 13.2 Å². The molecule has 2 nitrogen and oxygen atoms in total. The van der Waals surface area contributed by atoms with Gasteiger partial charge in [0.1, 0.15) is 5.75 Å². The van der Waals surface area contributed by atoms with Crippen LogP contribution in [-0.4, -0.2) is 17.8 Å². The van der Waals surface area contributed by atoms with Gasteiger partial charge in [0.2, 0.25) is 0 Å². The van der Waals surface area contributed by atoms with Gasteiger partial charge >= 0.3 is 6.18 Å². The number of rotatable bonds is 4. The number of hydrogen-bond acceptors (Lipinski definition) is 2. The van der Waals surface area contributed by atoms with Gasteiger partial charge in [-0.1, -0.05) is 12.1 Å². The second kappa shape index (κ2) is 5.65. The van der Waals surface area contributed by atoms with Crippen LogP contribution in [0, 0.1) is 0 Å². The lowest BCUT2D eigenvalue weighted by molar-refractivity contribution is -0.139. The van der Waals surface area contributed by atoms with E-state index in [0.29, 0.717) is 22.3 Å². The molecule has 0 aliphatic heterocycles. The third-order valence-corrected chi connectivity index (χ3v) is 2.79. The molecule has 0 saturated heterocycles. The number of aromatic nitrogens is 1. The molecule has 0 N–H and O–H groups in total. The van der Waals surface area contributed by atoms with E-state index < -0.39 is 19.2 Å². The van der Waals surface area contributed by atoms with E-state index in [9.17, 15) is 13.2 Å². The lowest BCUT2D eigenvalue weighted by Gasteiger charge is -2.11. The van der Waals surface area contributed by atoms with Crippen molar-refractivity contribution in [3.05, 3.63) is 36.0 Å².